The van der Waals surface area contributed by atoms with Gasteiger partial charge in [-0.3, -0.25) is 9.09 Å². The van der Waals surface area contributed by atoms with E-state index in [1.807, 2.05) is 0 Å². The molecule has 3 rings (SSSR count). The molecule has 1 aliphatic heterocycles. The van der Waals surface area contributed by atoms with Crippen molar-refractivity contribution in [3.05, 3.63) is 6.33 Å². The SMILES string of the molecule is CSc1nc(N)c2ncn([C@@H]3O[C@H](COP(=O)(O)S)C(O)C3O)c2n1. The van der Waals surface area contributed by atoms with Crippen LogP contribution < -0.4 is 5.73 Å². The van der Waals surface area contributed by atoms with E-state index in [0.717, 1.165) is 0 Å². The molecule has 3 heterocycles. The van der Waals surface area contributed by atoms with Gasteiger partial charge in [-0.05, 0) is 6.26 Å². The van der Waals surface area contributed by atoms with Gasteiger partial charge >= 0.3 is 6.80 Å². The Morgan fingerprint density at radius 3 is 2.84 bits per heavy atom. The summed E-state index contributed by atoms with van der Waals surface area (Å²) in [6.07, 6.45) is -1.61. The smallest absolute Gasteiger partial charge is 0.383 e. The predicted octanol–water partition coefficient (Wildman–Crippen LogP) is -0.204. The van der Waals surface area contributed by atoms with Crippen molar-refractivity contribution in [2.24, 2.45) is 0 Å². The van der Waals surface area contributed by atoms with Crippen molar-refractivity contribution in [2.45, 2.75) is 29.7 Å². The molecule has 0 aromatic carbocycles. The number of hydrogen-bond donors (Lipinski definition) is 5. The molecule has 5 atom stereocenters. The van der Waals surface area contributed by atoms with Crippen LogP contribution in [-0.2, 0) is 13.8 Å². The summed E-state index contributed by atoms with van der Waals surface area (Å²) >= 11 is 4.67. The molecule has 5 N–H and O–H groups in total. The summed E-state index contributed by atoms with van der Waals surface area (Å²) in [7, 11) is 0. The molecular formula is C11H16N5O6PS2. The molecule has 0 amide bonds. The van der Waals surface area contributed by atoms with E-state index in [0.29, 0.717) is 16.3 Å². The van der Waals surface area contributed by atoms with Gasteiger partial charge in [0.05, 0.1) is 12.9 Å². The standard InChI is InChI=1S/C11H16N5O6PS2/c1-25-11-14-8(12)5-9(15-11)16(3-13-5)10-7(18)6(17)4(22-10)2-21-23(19,20)24/h3-4,6-7,10,17-18H,2H2,1H3,(H2,12,14,15)(H2,19,20,24)/t4-,6?,7?,10-/m1/s1. The van der Waals surface area contributed by atoms with Crippen LogP contribution in [0.1, 0.15) is 6.23 Å². The second-order valence-electron chi connectivity index (χ2n) is 5.25. The minimum absolute atomic E-state index is 0.178. The molecule has 14 heteroatoms. The maximum atomic E-state index is 11.1. The molecular weight excluding hydrogens is 393 g/mol. The number of thiol groups is 1. The third-order valence-electron chi connectivity index (χ3n) is 3.63. The summed E-state index contributed by atoms with van der Waals surface area (Å²) in [5, 5.41) is 20.8. The van der Waals surface area contributed by atoms with Crippen LogP contribution >= 0.6 is 30.8 Å². The predicted molar refractivity (Wildman–Crippen MR) is 92.2 cm³/mol. The first kappa shape index (κ1) is 18.9. The zero-order valence-corrected chi connectivity index (χ0v) is 15.4. The molecule has 2 aromatic rings. The summed E-state index contributed by atoms with van der Waals surface area (Å²) in [5.41, 5.74) is 6.51. The molecule has 138 valence electrons. The van der Waals surface area contributed by atoms with Crippen LogP contribution in [0.15, 0.2) is 11.5 Å². The highest BCUT2D eigenvalue weighted by Crippen LogP contribution is 2.47. The lowest BCUT2D eigenvalue weighted by Crippen LogP contribution is -2.33. The molecule has 1 aliphatic rings. The minimum Gasteiger partial charge on any atom is -0.387 e. The Bertz CT molecular complexity index is 831. The second-order valence-corrected chi connectivity index (χ2v) is 8.78. The lowest BCUT2D eigenvalue weighted by molar-refractivity contribution is -0.0479. The Kier molecular flexibility index (Phi) is 5.28. The monoisotopic (exact) mass is 409 g/mol. The quantitative estimate of drug-likeness (QED) is 0.192. The number of anilines is 1. The van der Waals surface area contributed by atoms with Crippen LogP contribution in [0.3, 0.4) is 0 Å². The van der Waals surface area contributed by atoms with Crippen molar-refractivity contribution in [3.63, 3.8) is 0 Å². The fraction of sp³-hybridized carbons (Fsp3) is 0.545. The number of thioether (sulfide) groups is 1. The number of rotatable bonds is 5. The fourth-order valence-corrected chi connectivity index (χ4v) is 3.37. The maximum Gasteiger partial charge on any atom is 0.383 e. The second kappa shape index (κ2) is 7.00. The van der Waals surface area contributed by atoms with E-state index >= 15 is 0 Å². The number of aliphatic hydroxyl groups is 2. The van der Waals surface area contributed by atoms with Crippen molar-refractivity contribution in [1.29, 1.82) is 0 Å². The summed E-state index contributed by atoms with van der Waals surface area (Å²) in [5.74, 6) is 0.178. The average molecular weight is 409 g/mol. The molecule has 2 aromatic heterocycles. The lowest BCUT2D eigenvalue weighted by atomic mass is 10.1. The number of nitrogens with zero attached hydrogens (tertiary/aromatic N) is 4. The van der Waals surface area contributed by atoms with Gasteiger partial charge in [-0.25, -0.2) is 19.5 Å². The van der Waals surface area contributed by atoms with E-state index in [4.69, 9.17) is 15.4 Å². The Morgan fingerprint density at radius 2 is 2.20 bits per heavy atom. The number of imidazole rings is 1. The van der Waals surface area contributed by atoms with Crippen LogP contribution in [0.5, 0.6) is 0 Å². The molecule has 0 aliphatic carbocycles. The average Bonchev–Trinajstić information content (AvgIpc) is 3.08. The van der Waals surface area contributed by atoms with Crippen LogP contribution in [0.4, 0.5) is 5.82 Å². The summed E-state index contributed by atoms with van der Waals surface area (Å²) < 4.78 is 22.7. The number of nitrogen functional groups attached to an aromatic ring is 1. The summed E-state index contributed by atoms with van der Waals surface area (Å²) in [6.45, 7) is -4.46. The van der Waals surface area contributed by atoms with Crippen LogP contribution in [0.2, 0.25) is 0 Å². The third kappa shape index (κ3) is 3.78. The summed E-state index contributed by atoms with van der Waals surface area (Å²) in [6, 6.07) is 0. The van der Waals surface area contributed by atoms with Gasteiger partial charge in [0, 0.05) is 0 Å². The van der Waals surface area contributed by atoms with Crippen LogP contribution in [0, 0.1) is 0 Å². The van der Waals surface area contributed by atoms with Gasteiger partial charge in [-0.2, -0.15) is 0 Å². The molecule has 11 nitrogen and oxygen atoms in total. The molecule has 25 heavy (non-hydrogen) atoms. The van der Waals surface area contributed by atoms with E-state index in [1.165, 1.54) is 22.7 Å². The normalized spacial score (nSPS) is 29.2. The molecule has 3 unspecified atom stereocenters. The highest BCUT2D eigenvalue weighted by Gasteiger charge is 2.45. The highest BCUT2D eigenvalue weighted by molar-refractivity contribution is 8.44. The largest absolute Gasteiger partial charge is 0.387 e. The molecule has 1 fully saturated rings. The number of aromatic nitrogens is 4. The zero-order chi connectivity index (χ0) is 18.4. The van der Waals surface area contributed by atoms with Gasteiger partial charge in [0.25, 0.3) is 0 Å². The molecule has 0 bridgehead atoms. The van der Waals surface area contributed by atoms with Crippen molar-refractivity contribution < 1.29 is 28.9 Å². The molecule has 1 saturated heterocycles. The van der Waals surface area contributed by atoms with Crippen LogP contribution in [0.25, 0.3) is 11.2 Å². The highest BCUT2D eigenvalue weighted by atomic mass is 32.7. The van der Waals surface area contributed by atoms with E-state index in [-0.39, 0.29) is 5.82 Å². The van der Waals surface area contributed by atoms with E-state index in [9.17, 15) is 14.8 Å². The fourth-order valence-electron chi connectivity index (χ4n) is 2.46. The molecule has 0 saturated carbocycles. The zero-order valence-electron chi connectivity index (χ0n) is 12.8. The van der Waals surface area contributed by atoms with Gasteiger partial charge in [-0.1, -0.05) is 24.0 Å². The number of nitrogens with two attached hydrogens (primary N) is 1. The topological polar surface area (TPSA) is 166 Å². The number of ether oxygens (including phenoxy) is 1. The van der Waals surface area contributed by atoms with E-state index < -0.39 is 37.9 Å². The third-order valence-corrected chi connectivity index (χ3v) is 5.01. The number of aliphatic hydroxyl groups excluding tert-OH is 2. The summed E-state index contributed by atoms with van der Waals surface area (Å²) in [4.78, 5) is 21.5. The Morgan fingerprint density at radius 1 is 1.48 bits per heavy atom. The first-order valence-corrected chi connectivity index (χ1v) is 10.9. The van der Waals surface area contributed by atoms with Crippen molar-refractivity contribution in [3.8, 4) is 0 Å². The van der Waals surface area contributed by atoms with Gasteiger partial charge in [0.2, 0.25) is 0 Å². The maximum absolute atomic E-state index is 11.1. The van der Waals surface area contributed by atoms with Crippen molar-refractivity contribution in [1.82, 2.24) is 19.5 Å². The number of hydrogen-bond acceptors (Lipinski definition) is 10. The van der Waals surface area contributed by atoms with Crippen LogP contribution in [-0.4, -0.2) is 65.8 Å². The van der Waals surface area contributed by atoms with Gasteiger partial charge in [-0.15, -0.1) is 0 Å². The molecule has 0 spiro atoms. The van der Waals surface area contributed by atoms with Gasteiger partial charge < -0.3 is 25.6 Å². The van der Waals surface area contributed by atoms with Gasteiger partial charge in [0.1, 0.15) is 23.8 Å². The van der Waals surface area contributed by atoms with Crippen molar-refractivity contribution in [2.75, 3.05) is 18.6 Å². The first-order valence-electron chi connectivity index (χ1n) is 6.97. The Hall–Kier alpha value is -0.920. The Labute approximate surface area is 151 Å². The van der Waals surface area contributed by atoms with Crippen molar-refractivity contribution >= 4 is 47.8 Å². The Balaban J connectivity index is 1.90. The molecule has 0 radical (unpaired) electrons. The number of fused-ring (bicyclic) bond motifs is 1. The minimum atomic E-state index is -4.04. The first-order chi connectivity index (χ1) is 11.7. The van der Waals surface area contributed by atoms with Gasteiger partial charge in [0.15, 0.2) is 22.8 Å². The lowest BCUT2D eigenvalue weighted by Gasteiger charge is -2.16. The van der Waals surface area contributed by atoms with E-state index in [1.54, 1.807) is 6.26 Å². The van der Waals surface area contributed by atoms with E-state index in [2.05, 4.69) is 31.7 Å².